The normalized spacial score (nSPS) is 32.7. The Bertz CT molecular complexity index is 1010. The number of piperazine rings is 1. The number of Topliss-reactive ketones (excluding diaryl/α,β-unsaturated/α-hetero) is 1. The number of halogens is 3. The Hall–Kier alpha value is -1.81. The van der Waals surface area contributed by atoms with Gasteiger partial charge in [-0.15, -0.1) is 0 Å². The zero-order chi connectivity index (χ0) is 23.8. The quantitative estimate of drug-likeness (QED) is 0.634. The van der Waals surface area contributed by atoms with Crippen molar-refractivity contribution in [2.75, 3.05) is 42.1 Å². The molecule has 10 heteroatoms. The number of rotatable bonds is 5. The van der Waals surface area contributed by atoms with E-state index >= 15 is 0 Å². The van der Waals surface area contributed by atoms with E-state index in [1.165, 1.54) is 6.92 Å². The number of amides is 1. The Kier molecular flexibility index (Phi) is 5.11. The van der Waals surface area contributed by atoms with Crippen molar-refractivity contribution in [3.63, 3.8) is 0 Å². The molecule has 1 N–H and O–H groups in total. The number of hydrogen-bond acceptors (Lipinski definition) is 6. The van der Waals surface area contributed by atoms with Crippen molar-refractivity contribution in [3.05, 3.63) is 17.8 Å². The average molecular weight is 483 g/mol. The monoisotopic (exact) mass is 482 g/mol. The summed E-state index contributed by atoms with van der Waals surface area (Å²) in [6, 6.07) is 0.944. The summed E-state index contributed by atoms with van der Waals surface area (Å²) in [5.41, 5.74) is -0.500. The lowest BCUT2D eigenvalue weighted by Gasteiger charge is -2.50. The van der Waals surface area contributed by atoms with Crippen LogP contribution in [0.5, 0.6) is 0 Å². The molecule has 1 amide bonds. The van der Waals surface area contributed by atoms with E-state index in [9.17, 15) is 22.8 Å². The van der Waals surface area contributed by atoms with E-state index in [-0.39, 0.29) is 21.9 Å². The molecule has 4 aliphatic rings. The zero-order valence-corrected chi connectivity index (χ0v) is 19.9. The van der Waals surface area contributed by atoms with E-state index in [0.717, 1.165) is 37.3 Å². The highest BCUT2D eigenvalue weighted by Crippen LogP contribution is 2.89. The van der Waals surface area contributed by atoms with E-state index in [1.54, 1.807) is 11.9 Å². The number of carbonyl (C=O) groups is 2. The van der Waals surface area contributed by atoms with Crippen molar-refractivity contribution >= 4 is 35.1 Å². The van der Waals surface area contributed by atoms with Gasteiger partial charge in [-0.3, -0.25) is 9.59 Å². The summed E-state index contributed by atoms with van der Waals surface area (Å²) in [7, 11) is 0. The largest absolute Gasteiger partial charge is 0.417 e. The van der Waals surface area contributed by atoms with Gasteiger partial charge in [-0.25, -0.2) is 9.29 Å². The van der Waals surface area contributed by atoms with E-state index in [0.29, 0.717) is 43.7 Å². The van der Waals surface area contributed by atoms with Gasteiger partial charge in [0.2, 0.25) is 5.91 Å². The summed E-state index contributed by atoms with van der Waals surface area (Å²) in [6.07, 6.45) is -0.826. The minimum atomic E-state index is -4.53. The van der Waals surface area contributed by atoms with Crippen LogP contribution in [0.1, 0.15) is 45.6 Å². The maximum absolute atomic E-state index is 13.1. The summed E-state index contributed by atoms with van der Waals surface area (Å²) in [5, 5.41) is 2.50. The summed E-state index contributed by atoms with van der Waals surface area (Å²) in [6.45, 7) is 8.46. The first-order valence-corrected chi connectivity index (χ1v) is 12.4. The fraction of sp³-hybridized carbons (Fsp3) is 0.696. The molecule has 1 spiro atoms. The molecule has 0 radical (unpaired) electrons. The molecule has 1 aromatic heterocycles. The van der Waals surface area contributed by atoms with Gasteiger partial charge < -0.3 is 10.2 Å². The number of aromatic nitrogens is 1. The summed E-state index contributed by atoms with van der Waals surface area (Å²) in [4.78, 5) is 30.4. The van der Waals surface area contributed by atoms with Crippen molar-refractivity contribution in [3.8, 4) is 0 Å². The van der Waals surface area contributed by atoms with Gasteiger partial charge in [-0.05, 0) is 35.7 Å². The van der Waals surface area contributed by atoms with Gasteiger partial charge in [0.25, 0.3) is 0 Å². The zero-order valence-electron chi connectivity index (χ0n) is 19.1. The van der Waals surface area contributed by atoms with Crippen LogP contribution in [-0.2, 0) is 15.8 Å². The fourth-order valence-corrected chi connectivity index (χ4v) is 8.35. The number of alkyl halides is 3. The van der Waals surface area contributed by atoms with E-state index < -0.39 is 17.6 Å². The lowest BCUT2D eigenvalue weighted by molar-refractivity contribution is -0.138. The Morgan fingerprint density at radius 1 is 1.24 bits per heavy atom. The molecule has 3 saturated carbocycles. The van der Waals surface area contributed by atoms with Crippen LogP contribution in [0.25, 0.3) is 0 Å². The number of hydrogen-bond donors (Lipinski definition) is 1. The SMILES string of the molecule is CC(=O)Nc1cc(C(F)(F)F)cnc1N1CCN(SCC23CCC24C(CC3=O)C4(C)C)CC1. The van der Waals surface area contributed by atoms with Gasteiger partial charge in [0.1, 0.15) is 5.78 Å². The maximum Gasteiger partial charge on any atom is 0.417 e. The highest BCUT2D eigenvalue weighted by atomic mass is 32.2. The number of nitrogens with one attached hydrogen (secondary N) is 1. The lowest BCUT2D eigenvalue weighted by Crippen LogP contribution is -2.51. The molecule has 3 unspecified atom stereocenters. The van der Waals surface area contributed by atoms with E-state index in [2.05, 4.69) is 28.5 Å². The average Bonchev–Trinajstić information content (AvgIpc) is 3.16. The van der Waals surface area contributed by atoms with Gasteiger partial charge in [0.15, 0.2) is 5.82 Å². The number of anilines is 2. The predicted molar refractivity (Wildman–Crippen MR) is 121 cm³/mol. The Morgan fingerprint density at radius 3 is 2.52 bits per heavy atom. The van der Waals surface area contributed by atoms with Crippen LogP contribution in [0.2, 0.25) is 0 Å². The van der Waals surface area contributed by atoms with Crippen LogP contribution in [0, 0.1) is 22.2 Å². The standard InChI is InChI=1S/C23H29F3N4O2S/c1-14(31)28-16-10-15(23(24,25)26)12-27-19(16)29-6-8-30(9-7-29)33-13-21-4-5-22(21)17(11-18(21)32)20(22,2)3/h10,12,17H,4-9,11,13H2,1-3H3,(H,28,31). The second kappa shape index (κ2) is 7.34. The van der Waals surface area contributed by atoms with Crippen molar-refractivity contribution in [1.29, 1.82) is 0 Å². The van der Waals surface area contributed by atoms with Crippen molar-refractivity contribution in [2.45, 2.75) is 46.2 Å². The third kappa shape index (κ3) is 3.23. The number of carbonyl (C=O) groups excluding carboxylic acids is 2. The van der Waals surface area contributed by atoms with Crippen LogP contribution < -0.4 is 10.2 Å². The van der Waals surface area contributed by atoms with Crippen LogP contribution in [0.4, 0.5) is 24.7 Å². The molecule has 1 saturated heterocycles. The van der Waals surface area contributed by atoms with Gasteiger partial charge in [-0.1, -0.05) is 25.8 Å². The van der Waals surface area contributed by atoms with Gasteiger partial charge in [-0.2, -0.15) is 13.2 Å². The molecule has 4 fully saturated rings. The summed E-state index contributed by atoms with van der Waals surface area (Å²) < 4.78 is 41.6. The van der Waals surface area contributed by atoms with Crippen molar-refractivity contribution in [2.24, 2.45) is 22.2 Å². The highest BCUT2D eigenvalue weighted by Gasteiger charge is 2.88. The van der Waals surface area contributed by atoms with E-state index in [4.69, 9.17) is 0 Å². The maximum atomic E-state index is 13.1. The van der Waals surface area contributed by atoms with Crippen molar-refractivity contribution < 1.29 is 22.8 Å². The smallest absolute Gasteiger partial charge is 0.352 e. The third-order valence-electron chi connectivity index (χ3n) is 8.79. The van der Waals surface area contributed by atoms with E-state index in [1.807, 2.05) is 4.90 Å². The molecular formula is C23H29F3N4O2S. The third-order valence-corrected chi connectivity index (χ3v) is 10.1. The molecule has 1 aromatic rings. The first kappa shape index (κ1) is 23.0. The molecule has 6 nitrogen and oxygen atoms in total. The van der Waals surface area contributed by atoms with Crippen LogP contribution in [0.3, 0.4) is 0 Å². The second-order valence-corrected chi connectivity index (χ2v) is 11.5. The number of pyridine rings is 1. The Morgan fingerprint density at radius 2 is 1.94 bits per heavy atom. The first-order chi connectivity index (χ1) is 15.4. The fourth-order valence-electron chi connectivity index (χ4n) is 6.97. The molecule has 33 heavy (non-hydrogen) atoms. The summed E-state index contributed by atoms with van der Waals surface area (Å²) in [5.74, 6) is 1.72. The summed E-state index contributed by atoms with van der Waals surface area (Å²) >= 11 is 1.74. The molecule has 3 aliphatic carbocycles. The molecule has 1 aliphatic heterocycles. The number of nitrogens with zero attached hydrogens (tertiary/aromatic N) is 3. The minimum Gasteiger partial charge on any atom is -0.352 e. The molecule has 0 aromatic carbocycles. The number of ketones is 1. The molecule has 3 atom stereocenters. The van der Waals surface area contributed by atoms with Gasteiger partial charge in [0, 0.05) is 56.9 Å². The predicted octanol–water partition coefficient (Wildman–Crippen LogP) is 4.22. The van der Waals surface area contributed by atoms with Crippen LogP contribution in [-0.4, -0.2) is 52.9 Å². The van der Waals surface area contributed by atoms with Crippen molar-refractivity contribution in [1.82, 2.24) is 9.29 Å². The molecular weight excluding hydrogens is 453 g/mol. The Balaban J connectivity index is 1.23. The van der Waals surface area contributed by atoms with Crippen LogP contribution >= 0.6 is 11.9 Å². The molecule has 180 valence electrons. The molecule has 2 heterocycles. The van der Waals surface area contributed by atoms with Gasteiger partial charge >= 0.3 is 6.18 Å². The van der Waals surface area contributed by atoms with Crippen LogP contribution in [0.15, 0.2) is 12.3 Å². The first-order valence-electron chi connectivity index (χ1n) is 11.4. The Labute approximate surface area is 195 Å². The molecule has 5 rings (SSSR count). The topological polar surface area (TPSA) is 65.5 Å². The minimum absolute atomic E-state index is 0.0762. The van der Waals surface area contributed by atoms with Gasteiger partial charge in [0.05, 0.1) is 11.3 Å². The molecule has 0 bridgehead atoms. The highest BCUT2D eigenvalue weighted by molar-refractivity contribution is 7.97. The lowest BCUT2D eigenvalue weighted by atomic mass is 9.55. The second-order valence-electron chi connectivity index (χ2n) is 10.4.